The maximum absolute atomic E-state index is 12.0. The Morgan fingerprint density at radius 3 is 2.56 bits per heavy atom. The third-order valence-corrected chi connectivity index (χ3v) is 2.66. The third kappa shape index (κ3) is 4.00. The average Bonchev–Trinajstić information content (AvgIpc) is 2.28. The number of hydrogen-bond acceptors (Lipinski definition) is 4. The van der Waals surface area contributed by atoms with Crippen LogP contribution in [0.2, 0.25) is 0 Å². The van der Waals surface area contributed by atoms with E-state index in [2.05, 4.69) is 10.3 Å². The third-order valence-electron chi connectivity index (χ3n) is 2.66. The smallest absolute Gasteiger partial charge is 0.253 e. The van der Waals surface area contributed by atoms with E-state index < -0.39 is 5.54 Å². The fourth-order valence-corrected chi connectivity index (χ4v) is 1.51. The van der Waals surface area contributed by atoms with Crippen molar-refractivity contribution in [1.82, 2.24) is 10.3 Å². The molecular formula is C13H21N3O2. The van der Waals surface area contributed by atoms with E-state index in [0.29, 0.717) is 12.0 Å². The van der Waals surface area contributed by atoms with Crippen LogP contribution in [0.25, 0.3) is 0 Å². The van der Waals surface area contributed by atoms with Crippen LogP contribution >= 0.6 is 0 Å². The molecule has 1 aromatic rings. The Balaban J connectivity index is 2.73. The molecule has 0 aliphatic heterocycles. The normalized spacial score (nSPS) is 11.2. The zero-order valence-electron chi connectivity index (χ0n) is 11.4. The van der Waals surface area contributed by atoms with Gasteiger partial charge >= 0.3 is 0 Å². The Morgan fingerprint density at radius 2 is 2.11 bits per heavy atom. The van der Waals surface area contributed by atoms with E-state index in [0.717, 1.165) is 5.82 Å². The van der Waals surface area contributed by atoms with Gasteiger partial charge in [0.2, 0.25) is 0 Å². The predicted molar refractivity (Wildman–Crippen MR) is 71.8 cm³/mol. The van der Waals surface area contributed by atoms with Gasteiger partial charge in [0.25, 0.3) is 5.91 Å². The zero-order valence-corrected chi connectivity index (χ0v) is 11.4. The van der Waals surface area contributed by atoms with Crippen molar-refractivity contribution in [2.24, 2.45) is 0 Å². The average molecular weight is 251 g/mol. The first-order valence-corrected chi connectivity index (χ1v) is 5.92. The van der Waals surface area contributed by atoms with Gasteiger partial charge in [0.05, 0.1) is 5.56 Å². The molecule has 0 aromatic carbocycles. The molecule has 1 rings (SSSR count). The van der Waals surface area contributed by atoms with Gasteiger partial charge in [-0.05, 0) is 32.4 Å². The van der Waals surface area contributed by atoms with Gasteiger partial charge in [0.15, 0.2) is 0 Å². The van der Waals surface area contributed by atoms with Crippen LogP contribution in [0, 0.1) is 0 Å². The van der Waals surface area contributed by atoms with Gasteiger partial charge in [-0.3, -0.25) is 4.79 Å². The van der Waals surface area contributed by atoms with Crippen LogP contribution in [-0.4, -0.2) is 42.2 Å². The highest BCUT2D eigenvalue weighted by molar-refractivity contribution is 5.94. The van der Waals surface area contributed by atoms with Crippen LogP contribution < -0.4 is 10.2 Å². The van der Waals surface area contributed by atoms with Crippen molar-refractivity contribution >= 4 is 11.7 Å². The monoisotopic (exact) mass is 251 g/mol. The van der Waals surface area contributed by atoms with Gasteiger partial charge in [-0.2, -0.15) is 0 Å². The molecule has 1 aromatic heterocycles. The van der Waals surface area contributed by atoms with Gasteiger partial charge in [0, 0.05) is 32.4 Å². The second kappa shape index (κ2) is 5.82. The highest BCUT2D eigenvalue weighted by atomic mass is 16.3. The van der Waals surface area contributed by atoms with Crippen molar-refractivity contribution in [2.45, 2.75) is 25.8 Å². The minimum atomic E-state index is -0.425. The topological polar surface area (TPSA) is 65.5 Å². The molecule has 0 aliphatic rings. The van der Waals surface area contributed by atoms with Crippen molar-refractivity contribution < 1.29 is 9.90 Å². The summed E-state index contributed by atoms with van der Waals surface area (Å²) in [6.45, 7) is 3.80. The Hall–Kier alpha value is -1.62. The maximum atomic E-state index is 12.0. The highest BCUT2D eigenvalue weighted by Crippen LogP contribution is 2.11. The molecule has 2 N–H and O–H groups in total. The SMILES string of the molecule is CN(C)c1ccc(C(=O)NC(C)(C)CCO)cn1. The van der Waals surface area contributed by atoms with Crippen molar-refractivity contribution in [1.29, 1.82) is 0 Å². The van der Waals surface area contributed by atoms with E-state index >= 15 is 0 Å². The summed E-state index contributed by atoms with van der Waals surface area (Å²) < 4.78 is 0. The number of aliphatic hydroxyl groups is 1. The highest BCUT2D eigenvalue weighted by Gasteiger charge is 2.20. The molecule has 0 spiro atoms. The summed E-state index contributed by atoms with van der Waals surface area (Å²) >= 11 is 0. The lowest BCUT2D eigenvalue weighted by Crippen LogP contribution is -2.44. The number of hydrogen-bond donors (Lipinski definition) is 2. The summed E-state index contributed by atoms with van der Waals surface area (Å²) in [6, 6.07) is 3.54. The molecule has 0 aliphatic carbocycles. The van der Waals surface area contributed by atoms with Gasteiger partial charge in [-0.15, -0.1) is 0 Å². The molecular weight excluding hydrogens is 230 g/mol. The van der Waals surface area contributed by atoms with Crippen molar-refractivity contribution in [3.8, 4) is 0 Å². The standard InChI is InChI=1S/C13H21N3O2/c1-13(2,7-8-17)15-12(18)10-5-6-11(14-9-10)16(3)4/h5-6,9,17H,7-8H2,1-4H3,(H,15,18). The molecule has 1 heterocycles. The van der Waals surface area contributed by atoms with E-state index in [4.69, 9.17) is 5.11 Å². The van der Waals surface area contributed by atoms with Gasteiger partial charge in [-0.1, -0.05) is 0 Å². The van der Waals surface area contributed by atoms with E-state index in [-0.39, 0.29) is 12.5 Å². The van der Waals surface area contributed by atoms with Gasteiger partial charge in [0.1, 0.15) is 5.82 Å². The number of anilines is 1. The molecule has 18 heavy (non-hydrogen) atoms. The maximum Gasteiger partial charge on any atom is 0.253 e. The zero-order chi connectivity index (χ0) is 13.8. The molecule has 0 fully saturated rings. The van der Waals surface area contributed by atoms with Gasteiger partial charge < -0.3 is 15.3 Å². The summed E-state index contributed by atoms with van der Waals surface area (Å²) in [4.78, 5) is 18.0. The summed E-state index contributed by atoms with van der Waals surface area (Å²) in [5, 5.41) is 11.8. The molecule has 0 saturated carbocycles. The number of rotatable bonds is 5. The first-order valence-electron chi connectivity index (χ1n) is 5.92. The fraction of sp³-hybridized carbons (Fsp3) is 0.538. The van der Waals surface area contributed by atoms with Crippen LogP contribution in [-0.2, 0) is 0 Å². The van der Waals surface area contributed by atoms with Crippen LogP contribution in [0.1, 0.15) is 30.6 Å². The lowest BCUT2D eigenvalue weighted by Gasteiger charge is -2.25. The van der Waals surface area contributed by atoms with Crippen LogP contribution in [0.5, 0.6) is 0 Å². The fourth-order valence-electron chi connectivity index (χ4n) is 1.51. The lowest BCUT2D eigenvalue weighted by molar-refractivity contribution is 0.0899. The summed E-state index contributed by atoms with van der Waals surface area (Å²) in [6.07, 6.45) is 2.07. The molecule has 0 saturated heterocycles. The largest absolute Gasteiger partial charge is 0.396 e. The van der Waals surface area contributed by atoms with Crippen LogP contribution in [0.3, 0.4) is 0 Å². The molecule has 5 nitrogen and oxygen atoms in total. The minimum absolute atomic E-state index is 0.0467. The number of amides is 1. The van der Waals surface area contributed by atoms with Crippen LogP contribution in [0.4, 0.5) is 5.82 Å². The Morgan fingerprint density at radius 1 is 1.44 bits per heavy atom. The Bertz CT molecular complexity index is 399. The van der Waals surface area contributed by atoms with E-state index in [9.17, 15) is 4.79 Å². The molecule has 100 valence electrons. The van der Waals surface area contributed by atoms with E-state index in [1.54, 1.807) is 18.3 Å². The molecule has 0 atom stereocenters. The Kier molecular flexibility index (Phi) is 4.67. The quantitative estimate of drug-likeness (QED) is 0.820. The number of aliphatic hydroxyl groups excluding tert-OH is 1. The number of carbonyl (C=O) groups is 1. The van der Waals surface area contributed by atoms with Crippen molar-refractivity contribution in [3.63, 3.8) is 0 Å². The summed E-state index contributed by atoms with van der Waals surface area (Å²) in [7, 11) is 3.79. The predicted octanol–water partition coefficient (Wildman–Crippen LogP) is 1.04. The summed E-state index contributed by atoms with van der Waals surface area (Å²) in [5.74, 6) is 0.632. The summed E-state index contributed by atoms with van der Waals surface area (Å²) in [5.41, 5.74) is 0.0955. The number of nitrogens with zero attached hydrogens (tertiary/aromatic N) is 2. The number of pyridine rings is 1. The first kappa shape index (κ1) is 14.4. The molecule has 0 bridgehead atoms. The lowest BCUT2D eigenvalue weighted by atomic mass is 10.0. The number of carbonyl (C=O) groups excluding carboxylic acids is 1. The van der Waals surface area contributed by atoms with E-state index in [1.807, 2.05) is 32.8 Å². The van der Waals surface area contributed by atoms with Gasteiger partial charge in [-0.25, -0.2) is 4.98 Å². The van der Waals surface area contributed by atoms with Crippen LogP contribution in [0.15, 0.2) is 18.3 Å². The van der Waals surface area contributed by atoms with Crippen molar-refractivity contribution in [3.05, 3.63) is 23.9 Å². The number of nitrogens with one attached hydrogen (secondary N) is 1. The second-order valence-corrected chi connectivity index (χ2v) is 5.11. The molecule has 0 radical (unpaired) electrons. The Labute approximate surface area is 108 Å². The molecule has 1 amide bonds. The van der Waals surface area contributed by atoms with E-state index in [1.165, 1.54) is 0 Å². The molecule has 0 unspecified atom stereocenters. The first-order chi connectivity index (χ1) is 8.35. The minimum Gasteiger partial charge on any atom is -0.396 e. The molecule has 5 heteroatoms. The van der Waals surface area contributed by atoms with Crippen molar-refractivity contribution in [2.75, 3.05) is 25.6 Å². The second-order valence-electron chi connectivity index (χ2n) is 5.11. The number of aromatic nitrogens is 1.